The second-order valence-corrected chi connectivity index (χ2v) is 5.81. The van der Waals surface area contributed by atoms with Crippen molar-refractivity contribution in [2.45, 2.75) is 0 Å². The van der Waals surface area contributed by atoms with Crippen LogP contribution in [-0.2, 0) is 7.05 Å². The lowest BCUT2D eigenvalue weighted by Gasteiger charge is -2.33. The Morgan fingerprint density at radius 2 is 1.91 bits per heavy atom. The molecule has 0 atom stereocenters. The van der Waals surface area contributed by atoms with Gasteiger partial charge in [0.05, 0.1) is 11.8 Å². The fraction of sp³-hybridized carbons (Fsp3) is 0.333. The SMILES string of the molecule is Cn1cc(C(=O)N2CCN(C/C=C/c3ccccc3)CC2)cn1. The van der Waals surface area contributed by atoms with Crippen LogP contribution >= 0.6 is 0 Å². The van der Waals surface area contributed by atoms with E-state index in [1.807, 2.05) is 30.1 Å². The summed E-state index contributed by atoms with van der Waals surface area (Å²) >= 11 is 0. The van der Waals surface area contributed by atoms with E-state index in [-0.39, 0.29) is 5.91 Å². The minimum absolute atomic E-state index is 0.0811. The molecule has 1 aliphatic heterocycles. The zero-order chi connectivity index (χ0) is 16.1. The maximum atomic E-state index is 12.4. The molecule has 2 aromatic rings. The summed E-state index contributed by atoms with van der Waals surface area (Å²) in [4.78, 5) is 16.6. The standard InChI is InChI=1S/C18H22N4O/c1-20-15-17(14-19-20)18(23)22-12-10-21(11-13-22)9-5-8-16-6-3-2-4-7-16/h2-8,14-15H,9-13H2,1H3/b8-5+. The van der Waals surface area contributed by atoms with E-state index in [1.165, 1.54) is 5.56 Å². The molecule has 0 bridgehead atoms. The molecule has 1 aromatic heterocycles. The van der Waals surface area contributed by atoms with Crippen LogP contribution in [0.25, 0.3) is 6.08 Å². The monoisotopic (exact) mass is 310 g/mol. The van der Waals surface area contributed by atoms with Crippen LogP contribution in [0.1, 0.15) is 15.9 Å². The predicted molar refractivity (Wildman–Crippen MR) is 91.0 cm³/mol. The van der Waals surface area contributed by atoms with Crippen LogP contribution in [0.3, 0.4) is 0 Å². The van der Waals surface area contributed by atoms with Gasteiger partial charge in [0.1, 0.15) is 0 Å². The summed E-state index contributed by atoms with van der Waals surface area (Å²) in [6.07, 6.45) is 7.75. The normalized spacial score (nSPS) is 16.1. The summed E-state index contributed by atoms with van der Waals surface area (Å²) in [6, 6.07) is 10.3. The van der Waals surface area contributed by atoms with Crippen molar-refractivity contribution in [3.05, 3.63) is 59.9 Å². The molecule has 0 spiro atoms. The van der Waals surface area contributed by atoms with E-state index in [0.29, 0.717) is 5.56 Å². The second kappa shape index (κ2) is 7.24. The van der Waals surface area contributed by atoms with E-state index >= 15 is 0 Å². The highest BCUT2D eigenvalue weighted by Gasteiger charge is 2.22. The number of hydrogen-bond donors (Lipinski definition) is 0. The molecule has 0 aliphatic carbocycles. The molecule has 5 heteroatoms. The van der Waals surface area contributed by atoms with Gasteiger partial charge in [0.25, 0.3) is 5.91 Å². The van der Waals surface area contributed by atoms with Gasteiger partial charge in [-0.3, -0.25) is 14.4 Å². The van der Waals surface area contributed by atoms with Crippen molar-refractivity contribution in [2.75, 3.05) is 32.7 Å². The molecule has 0 saturated carbocycles. The first-order valence-corrected chi connectivity index (χ1v) is 7.94. The van der Waals surface area contributed by atoms with Crippen LogP contribution in [0.2, 0.25) is 0 Å². The number of aryl methyl sites for hydroxylation is 1. The molecule has 23 heavy (non-hydrogen) atoms. The molecule has 1 amide bonds. The van der Waals surface area contributed by atoms with Crippen LogP contribution in [0, 0.1) is 0 Å². The zero-order valence-corrected chi connectivity index (χ0v) is 13.4. The summed E-state index contributed by atoms with van der Waals surface area (Å²) in [5.74, 6) is 0.0811. The largest absolute Gasteiger partial charge is 0.336 e. The molecule has 5 nitrogen and oxygen atoms in total. The number of aromatic nitrogens is 2. The Kier molecular flexibility index (Phi) is 4.88. The number of amides is 1. The molecular formula is C18H22N4O. The molecule has 1 fully saturated rings. The summed E-state index contributed by atoms with van der Waals surface area (Å²) in [7, 11) is 1.83. The predicted octanol–water partition coefficient (Wildman–Crippen LogP) is 1.89. The average molecular weight is 310 g/mol. The second-order valence-electron chi connectivity index (χ2n) is 5.81. The van der Waals surface area contributed by atoms with Crippen LogP contribution in [0.4, 0.5) is 0 Å². The van der Waals surface area contributed by atoms with Gasteiger partial charge in [0, 0.05) is 46.0 Å². The molecule has 1 aliphatic rings. The smallest absolute Gasteiger partial charge is 0.257 e. The van der Waals surface area contributed by atoms with Crippen LogP contribution in [0.15, 0.2) is 48.8 Å². The summed E-state index contributed by atoms with van der Waals surface area (Å²) < 4.78 is 1.66. The summed E-state index contributed by atoms with van der Waals surface area (Å²) in [6.45, 7) is 4.28. The molecule has 3 rings (SSSR count). The van der Waals surface area contributed by atoms with Crippen LogP contribution < -0.4 is 0 Å². The van der Waals surface area contributed by atoms with E-state index in [1.54, 1.807) is 17.1 Å². The van der Waals surface area contributed by atoms with Gasteiger partial charge in [-0.25, -0.2) is 0 Å². The van der Waals surface area contributed by atoms with Crippen molar-refractivity contribution in [1.29, 1.82) is 0 Å². The fourth-order valence-electron chi connectivity index (χ4n) is 2.75. The lowest BCUT2D eigenvalue weighted by Crippen LogP contribution is -2.48. The Bertz CT molecular complexity index is 669. The first-order chi connectivity index (χ1) is 11.2. The van der Waals surface area contributed by atoms with E-state index in [2.05, 4.69) is 34.3 Å². The molecular weight excluding hydrogens is 288 g/mol. The average Bonchev–Trinajstić information content (AvgIpc) is 3.02. The third kappa shape index (κ3) is 4.07. The third-order valence-corrected chi connectivity index (χ3v) is 4.08. The molecule has 1 aromatic carbocycles. The molecule has 1 saturated heterocycles. The highest BCUT2D eigenvalue weighted by Crippen LogP contribution is 2.08. The Morgan fingerprint density at radius 1 is 1.17 bits per heavy atom. The number of benzene rings is 1. The third-order valence-electron chi connectivity index (χ3n) is 4.08. The van der Waals surface area contributed by atoms with E-state index < -0.39 is 0 Å². The van der Waals surface area contributed by atoms with E-state index in [0.717, 1.165) is 32.7 Å². The zero-order valence-electron chi connectivity index (χ0n) is 13.4. The number of carbonyl (C=O) groups is 1. The van der Waals surface area contributed by atoms with Crippen molar-refractivity contribution in [3.63, 3.8) is 0 Å². The van der Waals surface area contributed by atoms with E-state index in [9.17, 15) is 4.79 Å². The fourth-order valence-corrected chi connectivity index (χ4v) is 2.75. The van der Waals surface area contributed by atoms with Gasteiger partial charge in [-0.05, 0) is 5.56 Å². The van der Waals surface area contributed by atoms with Gasteiger partial charge in [-0.1, -0.05) is 42.5 Å². The molecule has 120 valence electrons. The number of piperazine rings is 1. The number of rotatable bonds is 4. The highest BCUT2D eigenvalue weighted by molar-refractivity contribution is 5.93. The van der Waals surface area contributed by atoms with Gasteiger partial charge in [0.15, 0.2) is 0 Å². The van der Waals surface area contributed by atoms with Gasteiger partial charge in [-0.15, -0.1) is 0 Å². The maximum Gasteiger partial charge on any atom is 0.257 e. The van der Waals surface area contributed by atoms with Gasteiger partial charge >= 0.3 is 0 Å². The number of carbonyl (C=O) groups excluding carboxylic acids is 1. The lowest BCUT2D eigenvalue weighted by atomic mass is 10.2. The Labute approximate surface area is 136 Å². The van der Waals surface area contributed by atoms with Gasteiger partial charge < -0.3 is 4.90 Å². The summed E-state index contributed by atoms with van der Waals surface area (Å²) in [5, 5.41) is 4.07. The van der Waals surface area contributed by atoms with Crippen molar-refractivity contribution >= 4 is 12.0 Å². The number of hydrogen-bond acceptors (Lipinski definition) is 3. The molecule has 2 heterocycles. The summed E-state index contributed by atoms with van der Waals surface area (Å²) in [5.41, 5.74) is 1.89. The Morgan fingerprint density at radius 3 is 2.57 bits per heavy atom. The van der Waals surface area contributed by atoms with Crippen molar-refractivity contribution < 1.29 is 4.79 Å². The van der Waals surface area contributed by atoms with Crippen molar-refractivity contribution in [3.8, 4) is 0 Å². The Hall–Kier alpha value is -2.40. The van der Waals surface area contributed by atoms with Gasteiger partial charge in [-0.2, -0.15) is 5.10 Å². The van der Waals surface area contributed by atoms with Crippen LogP contribution in [-0.4, -0.2) is 58.2 Å². The maximum absolute atomic E-state index is 12.4. The molecule has 0 unspecified atom stereocenters. The molecule has 0 N–H and O–H groups in total. The lowest BCUT2D eigenvalue weighted by molar-refractivity contribution is 0.0650. The first kappa shape index (κ1) is 15.5. The quantitative estimate of drug-likeness (QED) is 0.866. The first-order valence-electron chi connectivity index (χ1n) is 7.94. The van der Waals surface area contributed by atoms with Crippen molar-refractivity contribution in [2.24, 2.45) is 7.05 Å². The number of nitrogens with zero attached hydrogens (tertiary/aromatic N) is 4. The van der Waals surface area contributed by atoms with Crippen molar-refractivity contribution in [1.82, 2.24) is 19.6 Å². The highest BCUT2D eigenvalue weighted by atomic mass is 16.2. The minimum Gasteiger partial charge on any atom is -0.336 e. The minimum atomic E-state index is 0.0811. The van der Waals surface area contributed by atoms with Crippen LogP contribution in [0.5, 0.6) is 0 Å². The Balaban J connectivity index is 1.47. The van der Waals surface area contributed by atoms with Gasteiger partial charge in [0.2, 0.25) is 0 Å². The van der Waals surface area contributed by atoms with E-state index in [4.69, 9.17) is 0 Å². The molecule has 0 radical (unpaired) electrons. The topological polar surface area (TPSA) is 41.4 Å².